The summed E-state index contributed by atoms with van der Waals surface area (Å²) in [5, 5.41) is 2.02. The maximum atomic E-state index is 11.1. The fourth-order valence-corrected chi connectivity index (χ4v) is 2.26. The van der Waals surface area contributed by atoms with Crippen LogP contribution in [0.2, 0.25) is 0 Å². The summed E-state index contributed by atoms with van der Waals surface area (Å²) in [6.45, 7) is 3.61. The summed E-state index contributed by atoms with van der Waals surface area (Å²) in [4.78, 5) is 16.1. The maximum absolute atomic E-state index is 11.1. The first kappa shape index (κ1) is 9.34. The summed E-state index contributed by atoms with van der Waals surface area (Å²) in [6.07, 6.45) is 2.80. The molecule has 0 fully saturated rings. The Kier molecular flexibility index (Phi) is 2.33. The van der Waals surface area contributed by atoms with Gasteiger partial charge in [-0.25, -0.2) is 0 Å². The molecule has 0 aromatic carbocycles. The zero-order chi connectivity index (χ0) is 10.1. The number of hydrogen-bond donors (Lipinski definition) is 0. The van der Waals surface area contributed by atoms with Crippen molar-refractivity contribution in [2.24, 2.45) is 4.99 Å². The average molecular weight is 205 g/mol. The molecule has 0 unspecified atom stereocenters. The molecule has 1 aliphatic heterocycles. The largest absolute Gasteiger partial charge is 0.294 e. The van der Waals surface area contributed by atoms with E-state index in [4.69, 9.17) is 0 Å². The summed E-state index contributed by atoms with van der Waals surface area (Å²) in [5.74, 6) is 0.137. The van der Waals surface area contributed by atoms with Crippen molar-refractivity contribution in [2.45, 2.75) is 20.3 Å². The van der Waals surface area contributed by atoms with Gasteiger partial charge in [-0.05, 0) is 36.4 Å². The molecule has 72 valence electrons. The molecule has 2 nitrogen and oxygen atoms in total. The topological polar surface area (TPSA) is 29.4 Å². The summed E-state index contributed by atoms with van der Waals surface area (Å²) in [5.41, 5.74) is 3.49. The molecule has 0 atom stereocenters. The Hall–Kier alpha value is -1.22. The maximum Gasteiger partial charge on any atom is 0.169 e. The summed E-state index contributed by atoms with van der Waals surface area (Å²) in [6, 6.07) is 1.95. The molecule has 1 aromatic heterocycles. The highest BCUT2D eigenvalue weighted by molar-refractivity contribution is 7.12. The predicted octanol–water partition coefficient (Wildman–Crippen LogP) is 3.16. The lowest BCUT2D eigenvalue weighted by molar-refractivity contribution is 0.102. The van der Waals surface area contributed by atoms with Gasteiger partial charge in [0, 0.05) is 18.3 Å². The van der Waals surface area contributed by atoms with Crippen molar-refractivity contribution in [3.05, 3.63) is 28.1 Å². The first-order chi connectivity index (χ1) is 6.66. The van der Waals surface area contributed by atoms with Gasteiger partial charge in [0.2, 0.25) is 0 Å². The number of carbonyl (C=O) groups excluding carboxylic acids is 1. The molecule has 2 rings (SSSR count). The Labute approximate surface area is 87.0 Å². The number of ketones is 1. The van der Waals surface area contributed by atoms with Crippen LogP contribution in [0, 0.1) is 0 Å². The third-order valence-electron chi connectivity index (χ3n) is 2.20. The third kappa shape index (κ3) is 1.68. The van der Waals surface area contributed by atoms with E-state index in [0.29, 0.717) is 0 Å². The van der Waals surface area contributed by atoms with Crippen molar-refractivity contribution in [3.63, 3.8) is 0 Å². The van der Waals surface area contributed by atoms with Gasteiger partial charge in [0.05, 0.1) is 4.88 Å². The van der Waals surface area contributed by atoms with Crippen LogP contribution < -0.4 is 0 Å². The number of carbonyl (C=O) groups is 1. The van der Waals surface area contributed by atoms with Gasteiger partial charge in [0.25, 0.3) is 0 Å². The molecule has 3 heteroatoms. The van der Waals surface area contributed by atoms with Crippen LogP contribution in [0.5, 0.6) is 0 Å². The minimum absolute atomic E-state index is 0.137. The molecule has 14 heavy (non-hydrogen) atoms. The number of hydrogen-bond acceptors (Lipinski definition) is 3. The summed E-state index contributed by atoms with van der Waals surface area (Å²) < 4.78 is 0. The number of allylic oxidation sites excluding steroid dienone is 1. The molecule has 0 N–H and O–H groups in total. The minimum atomic E-state index is 0.137. The second-order valence-corrected chi connectivity index (χ2v) is 4.36. The molecule has 0 spiro atoms. The number of nitrogens with zero attached hydrogens (tertiary/aromatic N) is 1. The molecule has 0 saturated carbocycles. The standard InChI is InChI=1S/C11H11NOS/c1-7-3-9(5-12-7)10-4-11(8(2)13)14-6-10/h4-6H,3H2,1-2H3. The molecule has 0 radical (unpaired) electrons. The van der Waals surface area contributed by atoms with E-state index in [-0.39, 0.29) is 5.78 Å². The molecular weight excluding hydrogens is 194 g/mol. The van der Waals surface area contributed by atoms with E-state index in [1.165, 1.54) is 16.9 Å². The van der Waals surface area contributed by atoms with Gasteiger partial charge in [-0.2, -0.15) is 0 Å². The molecule has 0 aliphatic carbocycles. The third-order valence-corrected chi connectivity index (χ3v) is 3.24. The monoisotopic (exact) mass is 205 g/mol. The van der Waals surface area contributed by atoms with Crippen LogP contribution in [0.1, 0.15) is 35.5 Å². The SMILES string of the molecule is CC(=O)c1cc(C2=CN=C(C)C2)cs1. The highest BCUT2D eigenvalue weighted by atomic mass is 32.1. The van der Waals surface area contributed by atoms with Crippen LogP contribution in [-0.2, 0) is 0 Å². The Morgan fingerprint density at radius 2 is 2.36 bits per heavy atom. The zero-order valence-corrected chi connectivity index (χ0v) is 9.02. The molecule has 1 aliphatic rings. The Morgan fingerprint density at radius 3 is 2.86 bits per heavy atom. The Bertz CT molecular complexity index is 440. The van der Waals surface area contributed by atoms with E-state index < -0.39 is 0 Å². The first-order valence-electron chi connectivity index (χ1n) is 4.49. The molecule has 0 bridgehead atoms. The highest BCUT2D eigenvalue weighted by Gasteiger charge is 2.11. The lowest BCUT2D eigenvalue weighted by Crippen LogP contribution is -1.87. The first-order valence-corrected chi connectivity index (χ1v) is 5.37. The van der Waals surface area contributed by atoms with Gasteiger partial charge in [0.1, 0.15) is 0 Å². The zero-order valence-electron chi connectivity index (χ0n) is 8.20. The Morgan fingerprint density at radius 1 is 1.57 bits per heavy atom. The van der Waals surface area contributed by atoms with Gasteiger partial charge in [-0.15, -0.1) is 11.3 Å². The lowest BCUT2D eigenvalue weighted by Gasteiger charge is -1.95. The average Bonchev–Trinajstić information content (AvgIpc) is 2.70. The van der Waals surface area contributed by atoms with Crippen molar-refractivity contribution in [1.29, 1.82) is 0 Å². The van der Waals surface area contributed by atoms with Crippen molar-refractivity contribution >= 4 is 28.4 Å². The minimum Gasteiger partial charge on any atom is -0.294 e. The van der Waals surface area contributed by atoms with Crippen LogP contribution >= 0.6 is 11.3 Å². The quantitative estimate of drug-likeness (QED) is 0.682. The van der Waals surface area contributed by atoms with Crippen LogP contribution in [0.25, 0.3) is 5.57 Å². The number of aliphatic imine (C=N–C) groups is 1. The van der Waals surface area contributed by atoms with E-state index in [9.17, 15) is 4.79 Å². The van der Waals surface area contributed by atoms with E-state index in [1.54, 1.807) is 6.92 Å². The number of Topliss-reactive ketones (excluding diaryl/α,β-unsaturated/α-hetero) is 1. The number of rotatable bonds is 2. The number of thiophene rings is 1. The molecular formula is C11H11NOS. The van der Waals surface area contributed by atoms with Crippen LogP contribution in [0.15, 0.2) is 22.6 Å². The van der Waals surface area contributed by atoms with Crippen LogP contribution in [-0.4, -0.2) is 11.5 Å². The van der Waals surface area contributed by atoms with Gasteiger partial charge in [-0.1, -0.05) is 0 Å². The molecule has 2 heterocycles. The molecule has 1 aromatic rings. The lowest BCUT2D eigenvalue weighted by atomic mass is 10.1. The van der Waals surface area contributed by atoms with Crippen molar-refractivity contribution < 1.29 is 4.79 Å². The van der Waals surface area contributed by atoms with Crippen LogP contribution in [0.3, 0.4) is 0 Å². The fraction of sp³-hybridized carbons (Fsp3) is 0.273. The smallest absolute Gasteiger partial charge is 0.169 e. The van der Waals surface area contributed by atoms with Gasteiger partial charge in [-0.3, -0.25) is 9.79 Å². The van der Waals surface area contributed by atoms with Crippen molar-refractivity contribution in [3.8, 4) is 0 Å². The van der Waals surface area contributed by atoms with Crippen LogP contribution in [0.4, 0.5) is 0 Å². The second kappa shape index (κ2) is 3.50. The van der Waals surface area contributed by atoms with Gasteiger partial charge in [0.15, 0.2) is 5.78 Å². The summed E-state index contributed by atoms with van der Waals surface area (Å²) in [7, 11) is 0. The van der Waals surface area contributed by atoms with E-state index in [2.05, 4.69) is 4.99 Å². The molecule has 0 saturated heterocycles. The normalized spacial score (nSPS) is 15.3. The van der Waals surface area contributed by atoms with E-state index in [0.717, 1.165) is 22.6 Å². The van der Waals surface area contributed by atoms with Crippen molar-refractivity contribution in [2.75, 3.05) is 0 Å². The fourth-order valence-electron chi connectivity index (χ4n) is 1.42. The van der Waals surface area contributed by atoms with Gasteiger partial charge >= 0.3 is 0 Å². The van der Waals surface area contributed by atoms with Gasteiger partial charge < -0.3 is 0 Å². The Balaban J connectivity index is 2.23. The predicted molar refractivity (Wildman–Crippen MR) is 60.0 cm³/mol. The second-order valence-electron chi connectivity index (χ2n) is 3.45. The van der Waals surface area contributed by atoms with E-state index >= 15 is 0 Å². The highest BCUT2D eigenvalue weighted by Crippen LogP contribution is 2.27. The van der Waals surface area contributed by atoms with E-state index in [1.807, 2.05) is 24.6 Å². The van der Waals surface area contributed by atoms with Crippen molar-refractivity contribution in [1.82, 2.24) is 0 Å². The summed E-state index contributed by atoms with van der Waals surface area (Å²) >= 11 is 1.50. The molecule has 0 amide bonds.